The van der Waals surface area contributed by atoms with Crippen LogP contribution in [-0.2, 0) is 38.6 Å². The number of ketones is 1. The summed E-state index contributed by atoms with van der Waals surface area (Å²) >= 11 is 0. The summed E-state index contributed by atoms with van der Waals surface area (Å²) in [7, 11) is 1.36. The number of amides is 1. The molecule has 1 amide bonds. The van der Waals surface area contributed by atoms with E-state index in [9.17, 15) is 19.2 Å². The van der Waals surface area contributed by atoms with E-state index in [1.165, 1.54) is 11.7 Å². The van der Waals surface area contributed by atoms with Gasteiger partial charge in [0, 0.05) is 38.8 Å². The zero-order valence-electron chi connectivity index (χ0n) is 26.3. The van der Waals surface area contributed by atoms with Crippen LogP contribution in [0, 0.1) is 0 Å². The molecule has 244 valence electrons. The van der Waals surface area contributed by atoms with Crippen molar-refractivity contribution in [3.8, 4) is 6.01 Å². The second kappa shape index (κ2) is 16.1. The SMILES string of the molecule is CCCCOc1nc(N)c2[nH]c(=O)n(CCCN(Cc3ccc(CC(=O)OC)cc3)C(=O)CN3CCC(NCC(C)=O)C3)c2n1. The Balaban J connectivity index is 1.45. The van der Waals surface area contributed by atoms with Gasteiger partial charge in [0.2, 0.25) is 5.91 Å². The molecule has 1 aromatic carbocycles. The number of rotatable bonds is 17. The largest absolute Gasteiger partial charge is 0.469 e. The molecule has 2 aromatic heterocycles. The van der Waals surface area contributed by atoms with Crippen LogP contribution in [0.5, 0.6) is 6.01 Å². The van der Waals surface area contributed by atoms with Crippen LogP contribution in [0.25, 0.3) is 11.2 Å². The van der Waals surface area contributed by atoms with Gasteiger partial charge in [0.05, 0.1) is 33.2 Å². The maximum atomic E-state index is 13.6. The van der Waals surface area contributed by atoms with Crippen molar-refractivity contribution in [1.82, 2.24) is 34.6 Å². The Hall–Kier alpha value is -4.30. The van der Waals surface area contributed by atoms with Crippen molar-refractivity contribution in [1.29, 1.82) is 0 Å². The van der Waals surface area contributed by atoms with E-state index in [1.807, 2.05) is 24.3 Å². The Kier molecular flexibility index (Phi) is 12.0. The summed E-state index contributed by atoms with van der Waals surface area (Å²) in [6.07, 6.45) is 3.31. The van der Waals surface area contributed by atoms with Crippen LogP contribution >= 0.6 is 0 Å². The van der Waals surface area contributed by atoms with E-state index >= 15 is 0 Å². The van der Waals surface area contributed by atoms with Crippen molar-refractivity contribution in [3.05, 3.63) is 45.9 Å². The number of fused-ring (bicyclic) bond motifs is 1. The molecule has 1 fully saturated rings. The molecule has 1 unspecified atom stereocenters. The van der Waals surface area contributed by atoms with Gasteiger partial charge in [-0.05, 0) is 37.3 Å². The van der Waals surface area contributed by atoms with E-state index in [-0.39, 0.29) is 54.2 Å². The Bertz CT molecular complexity index is 1520. The van der Waals surface area contributed by atoms with Gasteiger partial charge < -0.3 is 30.4 Å². The molecule has 3 heterocycles. The number of anilines is 1. The second-order valence-corrected chi connectivity index (χ2v) is 11.4. The number of hydrogen-bond donors (Lipinski definition) is 3. The molecule has 45 heavy (non-hydrogen) atoms. The van der Waals surface area contributed by atoms with E-state index < -0.39 is 0 Å². The predicted octanol–water partition coefficient (Wildman–Crippen LogP) is 1.27. The van der Waals surface area contributed by atoms with Crippen LogP contribution in [0.2, 0.25) is 0 Å². The second-order valence-electron chi connectivity index (χ2n) is 11.4. The topological polar surface area (TPSA) is 178 Å². The van der Waals surface area contributed by atoms with Gasteiger partial charge in [-0.3, -0.25) is 23.9 Å². The number of Topliss-reactive ketones (excluding diaryl/α,β-unsaturated/α-hetero) is 1. The number of H-pyrrole nitrogens is 1. The fourth-order valence-corrected chi connectivity index (χ4v) is 5.27. The number of benzene rings is 1. The summed E-state index contributed by atoms with van der Waals surface area (Å²) in [5, 5.41) is 3.26. The molecule has 0 aliphatic carbocycles. The molecule has 4 N–H and O–H groups in total. The number of nitrogen functional groups attached to an aromatic ring is 1. The third-order valence-corrected chi connectivity index (χ3v) is 7.77. The molecule has 1 aliphatic rings. The fourth-order valence-electron chi connectivity index (χ4n) is 5.27. The number of carbonyl (C=O) groups is 3. The van der Waals surface area contributed by atoms with Crippen molar-refractivity contribution in [2.45, 2.75) is 65.1 Å². The molecule has 0 radical (unpaired) electrons. The number of hydrogen-bond acceptors (Lipinski definition) is 11. The first kappa shape index (κ1) is 33.6. The normalized spacial score (nSPS) is 15.0. The summed E-state index contributed by atoms with van der Waals surface area (Å²) in [5.74, 6) is -0.140. The van der Waals surface area contributed by atoms with Crippen LogP contribution in [0.1, 0.15) is 50.7 Å². The molecule has 1 atom stereocenters. The average Bonchev–Trinajstić information content (AvgIpc) is 3.60. The van der Waals surface area contributed by atoms with Crippen molar-refractivity contribution >= 4 is 34.6 Å². The molecule has 1 saturated heterocycles. The minimum absolute atomic E-state index is 0.0368. The van der Waals surface area contributed by atoms with Gasteiger partial charge in [-0.15, -0.1) is 0 Å². The fraction of sp³-hybridized carbons (Fsp3) is 0.548. The molecule has 4 rings (SSSR count). The number of carbonyl (C=O) groups excluding carboxylic acids is 3. The summed E-state index contributed by atoms with van der Waals surface area (Å²) in [6.45, 7) is 7.11. The molecule has 0 saturated carbocycles. The van der Waals surface area contributed by atoms with Gasteiger partial charge in [-0.1, -0.05) is 37.6 Å². The summed E-state index contributed by atoms with van der Waals surface area (Å²) in [6, 6.07) is 7.80. The molecule has 14 heteroatoms. The highest BCUT2D eigenvalue weighted by Gasteiger charge is 2.26. The van der Waals surface area contributed by atoms with Gasteiger partial charge in [0.15, 0.2) is 11.5 Å². The Morgan fingerprint density at radius 3 is 2.62 bits per heavy atom. The molecular weight excluding hydrogens is 580 g/mol. The minimum Gasteiger partial charge on any atom is -0.469 e. The van der Waals surface area contributed by atoms with Crippen LogP contribution < -0.4 is 21.5 Å². The van der Waals surface area contributed by atoms with E-state index in [4.69, 9.17) is 15.2 Å². The zero-order chi connectivity index (χ0) is 32.3. The van der Waals surface area contributed by atoms with E-state index in [1.54, 1.807) is 11.8 Å². The number of methoxy groups -OCH3 is 1. The number of nitrogens with two attached hydrogens (primary N) is 1. The first-order chi connectivity index (χ1) is 21.7. The van der Waals surface area contributed by atoms with Gasteiger partial charge in [0.1, 0.15) is 11.3 Å². The van der Waals surface area contributed by atoms with E-state index in [0.717, 1.165) is 36.9 Å². The maximum absolute atomic E-state index is 13.6. The van der Waals surface area contributed by atoms with Crippen molar-refractivity contribution < 1.29 is 23.9 Å². The van der Waals surface area contributed by atoms with Crippen molar-refractivity contribution in [2.75, 3.05) is 52.2 Å². The van der Waals surface area contributed by atoms with Gasteiger partial charge >= 0.3 is 17.7 Å². The lowest BCUT2D eigenvalue weighted by Gasteiger charge is -2.26. The number of unbranched alkanes of at least 4 members (excludes halogenated alkanes) is 1. The lowest BCUT2D eigenvalue weighted by molar-refractivity contribution is -0.139. The van der Waals surface area contributed by atoms with Crippen molar-refractivity contribution in [3.63, 3.8) is 0 Å². The highest BCUT2D eigenvalue weighted by molar-refractivity contribution is 5.82. The van der Waals surface area contributed by atoms with Crippen LogP contribution in [0.15, 0.2) is 29.1 Å². The predicted molar refractivity (Wildman–Crippen MR) is 169 cm³/mol. The lowest BCUT2D eigenvalue weighted by Crippen LogP contribution is -2.41. The Morgan fingerprint density at radius 1 is 1.16 bits per heavy atom. The third-order valence-electron chi connectivity index (χ3n) is 7.77. The number of ether oxygens (including phenoxy) is 2. The summed E-state index contributed by atoms with van der Waals surface area (Å²) < 4.78 is 11.9. The van der Waals surface area contributed by atoms with E-state index in [0.29, 0.717) is 56.9 Å². The van der Waals surface area contributed by atoms with Gasteiger partial charge in [0.25, 0.3) is 0 Å². The minimum atomic E-state index is -0.364. The summed E-state index contributed by atoms with van der Waals surface area (Å²) in [5.41, 5.74) is 8.18. The quantitative estimate of drug-likeness (QED) is 0.146. The summed E-state index contributed by atoms with van der Waals surface area (Å²) in [4.78, 5) is 64.7. The Labute approximate surface area is 262 Å². The van der Waals surface area contributed by atoms with Crippen LogP contribution in [-0.4, -0.2) is 99.5 Å². The number of likely N-dealkylation sites (tertiary alicyclic amines) is 1. The molecule has 1 aliphatic heterocycles. The first-order valence-corrected chi connectivity index (χ1v) is 15.4. The molecule has 0 spiro atoms. The van der Waals surface area contributed by atoms with Gasteiger partial charge in [-0.2, -0.15) is 9.97 Å². The maximum Gasteiger partial charge on any atom is 0.327 e. The third kappa shape index (κ3) is 9.59. The molecule has 14 nitrogen and oxygen atoms in total. The van der Waals surface area contributed by atoms with Gasteiger partial charge in [-0.25, -0.2) is 4.79 Å². The van der Waals surface area contributed by atoms with Crippen molar-refractivity contribution in [2.24, 2.45) is 0 Å². The number of nitrogens with zero attached hydrogens (tertiary/aromatic N) is 5. The number of aryl methyl sites for hydroxylation is 1. The number of nitrogens with one attached hydrogen (secondary N) is 2. The standard InChI is InChI=1S/C31H44N8O6/c1-4-5-15-45-30-35-28(32)27-29(36-30)39(31(43)34-27)13-6-12-38(18-23-9-7-22(8-10-23)16-26(42)44-3)25(41)20-37-14-11-24(19-37)33-17-21(2)40/h7-10,24,33H,4-6,11-20H2,1-3H3,(H,34,43)(H2,32,35,36). The van der Waals surface area contributed by atoms with E-state index in [2.05, 4.69) is 32.1 Å². The Morgan fingerprint density at radius 2 is 1.91 bits per heavy atom. The number of aromatic amines is 1. The zero-order valence-corrected chi connectivity index (χ0v) is 26.3. The van der Waals surface area contributed by atoms with Crippen LogP contribution in [0.4, 0.5) is 5.82 Å². The number of aromatic nitrogens is 4. The van der Waals surface area contributed by atoms with Crippen LogP contribution in [0.3, 0.4) is 0 Å². The molecule has 0 bridgehead atoms. The number of imidazole rings is 1. The monoisotopic (exact) mass is 624 g/mol. The molecule has 3 aromatic rings. The first-order valence-electron chi connectivity index (χ1n) is 15.4. The average molecular weight is 625 g/mol. The highest BCUT2D eigenvalue weighted by Crippen LogP contribution is 2.19. The smallest absolute Gasteiger partial charge is 0.327 e. The highest BCUT2D eigenvalue weighted by atomic mass is 16.5. The molecular formula is C31H44N8O6. The lowest BCUT2D eigenvalue weighted by atomic mass is 10.1. The number of esters is 1.